The van der Waals surface area contributed by atoms with Gasteiger partial charge in [0.2, 0.25) is 10.0 Å². The van der Waals surface area contributed by atoms with Crippen molar-refractivity contribution in [2.45, 2.75) is 4.90 Å². The van der Waals surface area contributed by atoms with Crippen molar-refractivity contribution in [3.05, 3.63) is 63.7 Å². The van der Waals surface area contributed by atoms with Gasteiger partial charge in [-0.2, -0.15) is 9.57 Å². The van der Waals surface area contributed by atoms with E-state index in [1.54, 1.807) is 4.90 Å². The maximum atomic E-state index is 13.9. The van der Waals surface area contributed by atoms with Crippen LogP contribution < -0.4 is 4.90 Å². The van der Waals surface area contributed by atoms with Crippen molar-refractivity contribution in [3.8, 4) is 6.07 Å². The number of hydrogen-bond donors (Lipinski definition) is 0. The number of hydrogen-bond acceptors (Lipinski definition) is 6. The number of rotatable bonds is 4. The van der Waals surface area contributed by atoms with E-state index in [4.69, 9.17) is 0 Å². The second-order valence-corrected chi connectivity index (χ2v) is 7.89. The van der Waals surface area contributed by atoms with E-state index in [0.717, 1.165) is 28.6 Å². The zero-order valence-corrected chi connectivity index (χ0v) is 15.2. The number of nitro groups is 1. The number of piperazine rings is 1. The summed E-state index contributed by atoms with van der Waals surface area (Å²) in [6, 6.07) is 8.56. The molecule has 28 heavy (non-hydrogen) atoms. The van der Waals surface area contributed by atoms with Crippen LogP contribution in [0.1, 0.15) is 5.56 Å². The lowest BCUT2D eigenvalue weighted by atomic mass is 10.1. The summed E-state index contributed by atoms with van der Waals surface area (Å²) in [5.74, 6) is -2.32. The van der Waals surface area contributed by atoms with E-state index in [0.29, 0.717) is 5.69 Å². The second kappa shape index (κ2) is 7.49. The highest BCUT2D eigenvalue weighted by atomic mass is 32.2. The van der Waals surface area contributed by atoms with Gasteiger partial charge in [-0.15, -0.1) is 0 Å². The van der Waals surface area contributed by atoms with E-state index < -0.39 is 31.5 Å². The Morgan fingerprint density at radius 3 is 2.21 bits per heavy atom. The molecule has 0 aromatic heterocycles. The molecule has 2 aromatic carbocycles. The van der Waals surface area contributed by atoms with Crippen LogP contribution in [0.15, 0.2) is 41.3 Å². The van der Waals surface area contributed by atoms with Gasteiger partial charge < -0.3 is 4.90 Å². The van der Waals surface area contributed by atoms with Crippen molar-refractivity contribution >= 4 is 21.4 Å². The number of nitrogens with zero attached hydrogens (tertiary/aromatic N) is 4. The molecule has 0 bridgehead atoms. The topological polar surface area (TPSA) is 108 Å². The van der Waals surface area contributed by atoms with Crippen molar-refractivity contribution in [3.63, 3.8) is 0 Å². The standard InChI is InChI=1S/C17H14F2N4O4S/c18-14-2-1-3-15(19)17(14)28(26,27)22-8-6-21(7-9-22)16-5-4-13(23(24)25)10-12(16)11-20/h1-5,10H,6-9H2. The highest BCUT2D eigenvalue weighted by Crippen LogP contribution is 2.28. The zero-order chi connectivity index (χ0) is 20.5. The molecule has 0 unspecified atom stereocenters. The van der Waals surface area contributed by atoms with Gasteiger partial charge in [-0.3, -0.25) is 10.1 Å². The third-order valence-corrected chi connectivity index (χ3v) is 6.36. The molecule has 0 N–H and O–H groups in total. The number of nitriles is 1. The van der Waals surface area contributed by atoms with Gasteiger partial charge in [0.05, 0.1) is 16.2 Å². The van der Waals surface area contributed by atoms with Gasteiger partial charge in [-0.05, 0) is 18.2 Å². The molecule has 0 amide bonds. The van der Waals surface area contributed by atoms with Crippen LogP contribution >= 0.6 is 0 Å². The van der Waals surface area contributed by atoms with Crippen molar-refractivity contribution < 1.29 is 22.1 Å². The first kappa shape index (κ1) is 19.7. The Hall–Kier alpha value is -3.10. The fourth-order valence-electron chi connectivity index (χ4n) is 3.03. The minimum Gasteiger partial charge on any atom is -0.368 e. The molecule has 11 heteroatoms. The molecule has 1 aliphatic heterocycles. The summed E-state index contributed by atoms with van der Waals surface area (Å²) in [4.78, 5) is 10.9. The summed E-state index contributed by atoms with van der Waals surface area (Å²) in [5.41, 5.74) is 0.296. The first-order valence-corrected chi connectivity index (χ1v) is 9.57. The third kappa shape index (κ3) is 3.51. The predicted octanol–water partition coefficient (Wildman–Crippen LogP) is 2.26. The van der Waals surface area contributed by atoms with Crippen LogP contribution in [0.4, 0.5) is 20.2 Å². The van der Waals surface area contributed by atoms with Crippen LogP contribution in [-0.4, -0.2) is 43.8 Å². The third-order valence-electron chi connectivity index (χ3n) is 4.41. The van der Waals surface area contributed by atoms with Crippen molar-refractivity contribution in [2.75, 3.05) is 31.1 Å². The minimum absolute atomic E-state index is 0.0576. The fraction of sp³-hybridized carbons (Fsp3) is 0.235. The molecule has 3 rings (SSSR count). The van der Waals surface area contributed by atoms with Gasteiger partial charge in [0.15, 0.2) is 4.90 Å². The van der Waals surface area contributed by atoms with Crippen LogP contribution in [-0.2, 0) is 10.0 Å². The summed E-state index contributed by atoms with van der Waals surface area (Å²) < 4.78 is 54.0. The second-order valence-electron chi connectivity index (χ2n) is 6.01. The molecule has 0 spiro atoms. The highest BCUT2D eigenvalue weighted by Gasteiger charge is 2.33. The van der Waals surface area contributed by atoms with Crippen LogP contribution in [0.3, 0.4) is 0 Å². The maximum absolute atomic E-state index is 13.9. The lowest BCUT2D eigenvalue weighted by Crippen LogP contribution is -2.49. The summed E-state index contributed by atoms with van der Waals surface area (Å²) in [7, 11) is -4.36. The smallest absolute Gasteiger partial charge is 0.270 e. The number of halogens is 2. The van der Waals surface area contributed by atoms with E-state index in [2.05, 4.69) is 0 Å². The number of sulfonamides is 1. The highest BCUT2D eigenvalue weighted by molar-refractivity contribution is 7.89. The molecule has 146 valence electrons. The van der Waals surface area contributed by atoms with Crippen molar-refractivity contribution in [1.82, 2.24) is 4.31 Å². The van der Waals surface area contributed by atoms with Gasteiger partial charge in [0.1, 0.15) is 17.7 Å². The van der Waals surface area contributed by atoms with Crippen LogP contribution in [0.2, 0.25) is 0 Å². The normalized spacial score (nSPS) is 15.2. The van der Waals surface area contributed by atoms with Crippen LogP contribution in [0.5, 0.6) is 0 Å². The Labute approximate surface area is 159 Å². The Bertz CT molecular complexity index is 1060. The Morgan fingerprint density at radius 1 is 1.07 bits per heavy atom. The molecule has 1 fully saturated rings. The molecular weight excluding hydrogens is 394 g/mol. The molecule has 2 aromatic rings. The van der Waals surface area contributed by atoms with Gasteiger partial charge in [0, 0.05) is 38.3 Å². The molecular formula is C17H14F2N4O4S. The maximum Gasteiger partial charge on any atom is 0.270 e. The van der Waals surface area contributed by atoms with Crippen molar-refractivity contribution in [2.24, 2.45) is 0 Å². The van der Waals surface area contributed by atoms with E-state index in [-0.39, 0.29) is 37.4 Å². The first-order chi connectivity index (χ1) is 13.3. The first-order valence-electron chi connectivity index (χ1n) is 8.13. The van der Waals surface area contributed by atoms with Gasteiger partial charge in [-0.1, -0.05) is 6.07 Å². The van der Waals surface area contributed by atoms with E-state index in [1.165, 1.54) is 12.1 Å². The number of non-ortho nitro benzene ring substituents is 1. The minimum atomic E-state index is -4.36. The molecule has 0 saturated carbocycles. The van der Waals surface area contributed by atoms with Gasteiger partial charge in [0.25, 0.3) is 5.69 Å². The molecule has 1 heterocycles. The van der Waals surface area contributed by atoms with Gasteiger partial charge >= 0.3 is 0 Å². The lowest BCUT2D eigenvalue weighted by molar-refractivity contribution is -0.384. The molecule has 8 nitrogen and oxygen atoms in total. The van der Waals surface area contributed by atoms with E-state index in [9.17, 15) is 32.6 Å². The lowest BCUT2D eigenvalue weighted by Gasteiger charge is -2.35. The molecule has 0 radical (unpaired) electrons. The quantitative estimate of drug-likeness (QED) is 0.567. The SMILES string of the molecule is N#Cc1cc([N+](=O)[O-])ccc1N1CCN(S(=O)(=O)c2c(F)cccc2F)CC1. The monoisotopic (exact) mass is 408 g/mol. The molecule has 0 aliphatic carbocycles. The summed E-state index contributed by atoms with van der Waals surface area (Å²) in [6.45, 7) is 0.194. The molecule has 0 atom stereocenters. The van der Waals surface area contributed by atoms with Crippen LogP contribution in [0.25, 0.3) is 0 Å². The Balaban J connectivity index is 1.82. The van der Waals surface area contributed by atoms with E-state index >= 15 is 0 Å². The fourth-order valence-corrected chi connectivity index (χ4v) is 4.56. The van der Waals surface area contributed by atoms with Crippen LogP contribution in [0, 0.1) is 33.1 Å². The molecule has 1 saturated heterocycles. The zero-order valence-electron chi connectivity index (χ0n) is 14.4. The molecule has 1 aliphatic rings. The predicted molar refractivity (Wildman–Crippen MR) is 95.1 cm³/mol. The average Bonchev–Trinajstić information content (AvgIpc) is 2.67. The summed E-state index contributed by atoms with van der Waals surface area (Å²) in [5, 5.41) is 20.1. The summed E-state index contributed by atoms with van der Waals surface area (Å²) in [6.07, 6.45) is 0. The summed E-state index contributed by atoms with van der Waals surface area (Å²) >= 11 is 0. The largest absolute Gasteiger partial charge is 0.368 e. The number of anilines is 1. The van der Waals surface area contributed by atoms with Crippen molar-refractivity contribution in [1.29, 1.82) is 5.26 Å². The Morgan fingerprint density at radius 2 is 1.68 bits per heavy atom. The van der Waals surface area contributed by atoms with E-state index in [1.807, 2.05) is 6.07 Å². The van der Waals surface area contributed by atoms with Gasteiger partial charge in [-0.25, -0.2) is 17.2 Å². The number of benzene rings is 2. The number of nitro benzene ring substituents is 1. The average molecular weight is 408 g/mol. The Kier molecular flexibility index (Phi) is 5.26.